The third kappa shape index (κ3) is 3.47. The van der Waals surface area contributed by atoms with Crippen LogP contribution >= 0.6 is 0 Å². The summed E-state index contributed by atoms with van der Waals surface area (Å²) < 4.78 is 7.85. The highest BCUT2D eigenvalue weighted by atomic mass is 16.5. The summed E-state index contributed by atoms with van der Waals surface area (Å²) in [5.41, 5.74) is 1.18. The third-order valence-corrected chi connectivity index (χ3v) is 4.51. The molecule has 0 aromatic carbocycles. The maximum absolute atomic E-state index is 6.07. The molecule has 0 bridgehead atoms. The van der Waals surface area contributed by atoms with Gasteiger partial charge in [-0.05, 0) is 24.7 Å². The monoisotopic (exact) mass is 317 g/mol. The summed E-state index contributed by atoms with van der Waals surface area (Å²) in [6, 6.07) is 2.07. The van der Waals surface area contributed by atoms with Gasteiger partial charge in [-0.15, -0.1) is 0 Å². The second-order valence-corrected chi connectivity index (χ2v) is 7.40. The maximum atomic E-state index is 6.07. The van der Waals surface area contributed by atoms with Gasteiger partial charge in [-0.3, -0.25) is 0 Å². The molecule has 1 aliphatic heterocycles. The minimum absolute atomic E-state index is 0.155. The number of hydrogen-bond acceptors (Lipinski definition) is 5. The van der Waals surface area contributed by atoms with E-state index in [2.05, 4.69) is 54.1 Å². The molecule has 1 fully saturated rings. The Bertz CT molecular complexity index is 661. The Kier molecular flexibility index (Phi) is 4.53. The van der Waals surface area contributed by atoms with Crippen molar-refractivity contribution >= 4 is 11.6 Å². The number of hydrogen-bond donors (Lipinski definition) is 1. The molecule has 6 nitrogen and oxygen atoms in total. The Hall–Kier alpha value is -1.69. The lowest BCUT2D eigenvalue weighted by Crippen LogP contribution is -2.42. The molecule has 0 radical (unpaired) electrons. The zero-order valence-corrected chi connectivity index (χ0v) is 14.5. The molecule has 3 rings (SSSR count). The van der Waals surface area contributed by atoms with Crippen LogP contribution in [-0.2, 0) is 11.2 Å². The summed E-state index contributed by atoms with van der Waals surface area (Å²) in [5.74, 6) is 2.11. The summed E-state index contributed by atoms with van der Waals surface area (Å²) >= 11 is 0. The summed E-state index contributed by atoms with van der Waals surface area (Å²) in [6.45, 7) is 10.6. The molecule has 0 spiro atoms. The molecule has 2 aromatic heterocycles. The van der Waals surface area contributed by atoms with E-state index in [1.54, 1.807) is 10.8 Å². The van der Waals surface area contributed by atoms with E-state index in [9.17, 15) is 0 Å². The molecule has 2 atom stereocenters. The van der Waals surface area contributed by atoms with Crippen LogP contribution in [0.15, 0.2) is 12.4 Å². The molecule has 1 saturated heterocycles. The van der Waals surface area contributed by atoms with Crippen molar-refractivity contribution in [2.45, 2.75) is 53.1 Å². The van der Waals surface area contributed by atoms with Crippen LogP contribution < -0.4 is 5.32 Å². The van der Waals surface area contributed by atoms with Crippen LogP contribution in [-0.4, -0.2) is 38.8 Å². The molecule has 3 heterocycles. The predicted molar refractivity (Wildman–Crippen MR) is 90.6 cm³/mol. The van der Waals surface area contributed by atoms with E-state index in [0.717, 1.165) is 37.5 Å². The fourth-order valence-electron chi connectivity index (χ4n) is 3.41. The number of nitrogens with one attached hydrogen (secondary N) is 1. The van der Waals surface area contributed by atoms with Crippen LogP contribution in [0.1, 0.15) is 46.2 Å². The number of aryl methyl sites for hydroxylation is 1. The van der Waals surface area contributed by atoms with Crippen LogP contribution in [0.25, 0.3) is 5.78 Å². The molecule has 0 saturated carbocycles. The van der Waals surface area contributed by atoms with Gasteiger partial charge in [-0.1, -0.05) is 27.7 Å². The Morgan fingerprint density at radius 1 is 1.39 bits per heavy atom. The van der Waals surface area contributed by atoms with Gasteiger partial charge in [0.05, 0.1) is 6.10 Å². The SMILES string of the molecule is CCc1cc(NCC2CCCOC2C(C)(C)C)n2ncnc2n1. The number of nitrogens with zero attached hydrogens (tertiary/aromatic N) is 4. The smallest absolute Gasteiger partial charge is 0.254 e. The average molecular weight is 317 g/mol. The van der Waals surface area contributed by atoms with Crippen LogP contribution in [0.4, 0.5) is 5.82 Å². The zero-order valence-electron chi connectivity index (χ0n) is 14.5. The van der Waals surface area contributed by atoms with Crippen molar-refractivity contribution in [1.82, 2.24) is 19.6 Å². The van der Waals surface area contributed by atoms with Gasteiger partial charge in [0.15, 0.2) is 0 Å². The van der Waals surface area contributed by atoms with Gasteiger partial charge < -0.3 is 10.1 Å². The lowest BCUT2D eigenvalue weighted by Gasteiger charge is -2.40. The van der Waals surface area contributed by atoms with Crippen molar-refractivity contribution < 1.29 is 4.74 Å². The van der Waals surface area contributed by atoms with Gasteiger partial charge in [0.2, 0.25) is 0 Å². The number of ether oxygens (including phenoxy) is 1. The summed E-state index contributed by atoms with van der Waals surface area (Å²) in [6.07, 6.45) is 5.04. The average Bonchev–Trinajstić information content (AvgIpc) is 3.00. The minimum atomic E-state index is 0.155. The Morgan fingerprint density at radius 2 is 2.22 bits per heavy atom. The molecule has 126 valence electrons. The number of anilines is 1. The second-order valence-electron chi connectivity index (χ2n) is 7.40. The van der Waals surface area contributed by atoms with E-state index >= 15 is 0 Å². The first-order chi connectivity index (χ1) is 11.0. The number of rotatable bonds is 4. The van der Waals surface area contributed by atoms with Gasteiger partial charge in [0, 0.05) is 30.8 Å². The highest BCUT2D eigenvalue weighted by molar-refractivity contribution is 5.45. The van der Waals surface area contributed by atoms with Crippen molar-refractivity contribution in [1.29, 1.82) is 0 Å². The fourth-order valence-corrected chi connectivity index (χ4v) is 3.41. The summed E-state index contributed by atoms with van der Waals surface area (Å²) in [7, 11) is 0. The van der Waals surface area contributed by atoms with Crippen LogP contribution in [0, 0.1) is 11.3 Å². The molecule has 6 heteroatoms. The van der Waals surface area contributed by atoms with E-state index in [1.807, 2.05) is 0 Å². The van der Waals surface area contributed by atoms with Crippen molar-refractivity contribution in [2.24, 2.45) is 11.3 Å². The minimum Gasteiger partial charge on any atom is -0.377 e. The standard InChI is InChI=1S/C17H27N5O/c1-5-13-9-14(22-16(21-13)19-11-20-22)18-10-12-7-6-8-23-15(12)17(2,3)4/h9,11-12,15,18H,5-8,10H2,1-4H3. The van der Waals surface area contributed by atoms with Crippen LogP contribution in [0.3, 0.4) is 0 Å². The third-order valence-electron chi connectivity index (χ3n) is 4.51. The van der Waals surface area contributed by atoms with Gasteiger partial charge in [-0.25, -0.2) is 4.98 Å². The molecule has 2 unspecified atom stereocenters. The lowest BCUT2D eigenvalue weighted by atomic mass is 9.78. The normalized spacial score (nSPS) is 22.4. The summed E-state index contributed by atoms with van der Waals surface area (Å²) in [4.78, 5) is 8.70. The van der Waals surface area contributed by atoms with Crippen molar-refractivity contribution in [3.63, 3.8) is 0 Å². The molecular weight excluding hydrogens is 290 g/mol. The molecule has 0 aliphatic carbocycles. The first-order valence-electron chi connectivity index (χ1n) is 8.54. The van der Waals surface area contributed by atoms with Gasteiger partial charge in [-0.2, -0.15) is 14.6 Å². The molecule has 1 aliphatic rings. The molecule has 23 heavy (non-hydrogen) atoms. The highest BCUT2D eigenvalue weighted by Gasteiger charge is 2.35. The zero-order chi connectivity index (χ0) is 16.4. The van der Waals surface area contributed by atoms with Gasteiger partial charge >= 0.3 is 0 Å². The van der Waals surface area contributed by atoms with Gasteiger partial charge in [0.1, 0.15) is 12.1 Å². The first kappa shape index (κ1) is 16.2. The molecule has 2 aromatic rings. The van der Waals surface area contributed by atoms with E-state index in [-0.39, 0.29) is 11.5 Å². The Balaban J connectivity index is 1.78. The topological polar surface area (TPSA) is 64.3 Å². The van der Waals surface area contributed by atoms with Crippen molar-refractivity contribution in [3.05, 3.63) is 18.1 Å². The van der Waals surface area contributed by atoms with Crippen LogP contribution in [0.2, 0.25) is 0 Å². The summed E-state index contributed by atoms with van der Waals surface area (Å²) in [5, 5.41) is 7.84. The molecule has 0 amide bonds. The van der Waals surface area contributed by atoms with Gasteiger partial charge in [0.25, 0.3) is 5.78 Å². The predicted octanol–water partition coefficient (Wildman–Crippen LogP) is 2.94. The van der Waals surface area contributed by atoms with E-state index in [0.29, 0.717) is 11.7 Å². The lowest BCUT2D eigenvalue weighted by molar-refractivity contribution is -0.0814. The quantitative estimate of drug-likeness (QED) is 0.939. The number of aromatic nitrogens is 4. The van der Waals surface area contributed by atoms with E-state index in [4.69, 9.17) is 4.74 Å². The van der Waals surface area contributed by atoms with Crippen molar-refractivity contribution in [3.8, 4) is 0 Å². The van der Waals surface area contributed by atoms with E-state index < -0.39 is 0 Å². The second kappa shape index (κ2) is 6.43. The largest absolute Gasteiger partial charge is 0.377 e. The Labute approximate surface area is 137 Å². The fraction of sp³-hybridized carbons (Fsp3) is 0.706. The van der Waals surface area contributed by atoms with Crippen LogP contribution in [0.5, 0.6) is 0 Å². The molecule has 1 N–H and O–H groups in total. The number of fused-ring (bicyclic) bond motifs is 1. The molecular formula is C17H27N5O. The van der Waals surface area contributed by atoms with E-state index in [1.165, 1.54) is 6.42 Å². The Morgan fingerprint density at radius 3 is 2.96 bits per heavy atom. The van der Waals surface area contributed by atoms with Crippen molar-refractivity contribution in [2.75, 3.05) is 18.5 Å². The highest BCUT2D eigenvalue weighted by Crippen LogP contribution is 2.34. The first-order valence-corrected chi connectivity index (χ1v) is 8.54. The maximum Gasteiger partial charge on any atom is 0.254 e.